The van der Waals surface area contributed by atoms with Crippen molar-refractivity contribution in [3.05, 3.63) is 133 Å². The monoisotopic (exact) mass is 735 g/mol. The molecule has 4 aromatic heterocycles. The molecule has 0 aliphatic heterocycles. The first-order valence-electron chi connectivity index (χ1n) is 14.3. The molecule has 8 rings (SSSR count). The number of pyridine rings is 2. The van der Waals surface area contributed by atoms with Gasteiger partial charge in [0.15, 0.2) is 0 Å². The van der Waals surface area contributed by atoms with Crippen LogP contribution in [0.2, 0.25) is 0 Å². The quantitative estimate of drug-likeness (QED) is 0.170. The number of para-hydroxylation sites is 2. The van der Waals surface area contributed by atoms with Gasteiger partial charge in [0.05, 0.1) is 11.0 Å². The fourth-order valence-electron chi connectivity index (χ4n) is 6.03. The second-order valence-corrected chi connectivity index (χ2v) is 11.8. The summed E-state index contributed by atoms with van der Waals surface area (Å²) in [7, 11) is 0. The van der Waals surface area contributed by atoms with Gasteiger partial charge < -0.3 is 4.57 Å². The standard InChI is InChI=1S/C38H28N4.Pt/c1-38(2,3)26-15-11-16-27(23-26)41-33-20-9-7-17-28(33)30-24-31-29-18-8-10-21-34(29)42(37(31)40-36(30)41)35-22-12-19-32(39-35)25-13-5-4-6-14-25;/h4-13,15,17-24H,1-3H3;/q-2;+2. The van der Waals surface area contributed by atoms with E-state index in [9.17, 15) is 0 Å². The van der Waals surface area contributed by atoms with E-state index in [-0.39, 0.29) is 26.5 Å². The number of hydrogen-bond acceptors (Lipinski definition) is 2. The van der Waals surface area contributed by atoms with Crippen LogP contribution in [0.3, 0.4) is 0 Å². The van der Waals surface area contributed by atoms with Crippen LogP contribution in [0.15, 0.2) is 115 Å². The molecule has 210 valence electrons. The molecule has 0 radical (unpaired) electrons. The summed E-state index contributed by atoms with van der Waals surface area (Å²) in [6.07, 6.45) is 0. The first-order valence-corrected chi connectivity index (χ1v) is 14.3. The van der Waals surface area contributed by atoms with Gasteiger partial charge in [-0.2, -0.15) is 23.8 Å². The van der Waals surface area contributed by atoms with Crippen LogP contribution in [0, 0.1) is 12.1 Å². The molecule has 8 aromatic rings. The Morgan fingerprint density at radius 2 is 1.26 bits per heavy atom. The van der Waals surface area contributed by atoms with Gasteiger partial charge in [0.1, 0.15) is 17.1 Å². The van der Waals surface area contributed by atoms with Crippen molar-refractivity contribution in [2.24, 2.45) is 0 Å². The third kappa shape index (κ3) is 4.40. The zero-order chi connectivity index (χ0) is 28.4. The van der Waals surface area contributed by atoms with Crippen molar-refractivity contribution in [2.45, 2.75) is 26.2 Å². The first-order chi connectivity index (χ1) is 20.5. The van der Waals surface area contributed by atoms with Gasteiger partial charge in [-0.05, 0) is 35.4 Å². The SMILES string of the molecule is CC(C)(C)c1cc[c-]c(-n2c3ccccc3c3cc4c5ccccc5n(-c5cccc(-c6[c-]cccc6)n5)c4nc32)c1.[Pt+2]. The van der Waals surface area contributed by atoms with E-state index in [1.165, 1.54) is 10.9 Å². The molecule has 43 heavy (non-hydrogen) atoms. The predicted octanol–water partition coefficient (Wildman–Crippen LogP) is 9.23. The van der Waals surface area contributed by atoms with Crippen LogP contribution in [-0.4, -0.2) is 19.1 Å². The second-order valence-electron chi connectivity index (χ2n) is 11.8. The Morgan fingerprint density at radius 3 is 1.95 bits per heavy atom. The van der Waals surface area contributed by atoms with E-state index in [0.29, 0.717) is 0 Å². The maximum absolute atomic E-state index is 5.46. The molecule has 0 aliphatic rings. The minimum atomic E-state index is 0. The van der Waals surface area contributed by atoms with Crippen molar-refractivity contribution in [1.82, 2.24) is 19.1 Å². The summed E-state index contributed by atoms with van der Waals surface area (Å²) in [6.45, 7) is 6.73. The maximum atomic E-state index is 5.46. The van der Waals surface area contributed by atoms with Crippen LogP contribution in [0.4, 0.5) is 0 Å². The van der Waals surface area contributed by atoms with Crippen LogP contribution >= 0.6 is 0 Å². The van der Waals surface area contributed by atoms with E-state index >= 15 is 0 Å². The molecule has 0 unspecified atom stereocenters. The number of hydrogen-bond donors (Lipinski definition) is 0. The fraction of sp³-hybridized carbons (Fsp3) is 0.105. The maximum Gasteiger partial charge on any atom is 2.00 e. The largest absolute Gasteiger partial charge is 2.00 e. The van der Waals surface area contributed by atoms with E-state index in [1.807, 2.05) is 36.4 Å². The Kier molecular flexibility index (Phi) is 6.56. The molecule has 0 atom stereocenters. The minimum Gasteiger partial charge on any atom is -0.318 e. The van der Waals surface area contributed by atoms with Crippen LogP contribution in [0.25, 0.3) is 66.6 Å². The van der Waals surface area contributed by atoms with Crippen LogP contribution in [0.5, 0.6) is 0 Å². The van der Waals surface area contributed by atoms with Crippen molar-refractivity contribution < 1.29 is 21.1 Å². The Labute approximate surface area is 264 Å². The number of aromatic nitrogens is 4. The summed E-state index contributed by atoms with van der Waals surface area (Å²) >= 11 is 0. The van der Waals surface area contributed by atoms with Gasteiger partial charge in [-0.25, -0.2) is 4.98 Å². The molecule has 4 aromatic carbocycles. The van der Waals surface area contributed by atoms with Gasteiger partial charge in [0, 0.05) is 21.5 Å². The molecule has 0 bridgehead atoms. The summed E-state index contributed by atoms with van der Waals surface area (Å²) in [5, 5.41) is 4.55. The normalized spacial score (nSPS) is 11.9. The smallest absolute Gasteiger partial charge is 0.318 e. The Bertz CT molecular complexity index is 2290. The summed E-state index contributed by atoms with van der Waals surface area (Å²) in [5.41, 5.74) is 8.08. The van der Waals surface area contributed by atoms with E-state index < -0.39 is 0 Å². The van der Waals surface area contributed by atoms with Crippen LogP contribution in [-0.2, 0) is 26.5 Å². The Hall–Kier alpha value is -4.53. The molecule has 0 spiro atoms. The molecule has 0 aliphatic carbocycles. The van der Waals surface area contributed by atoms with Crippen molar-refractivity contribution in [3.8, 4) is 22.8 Å². The average molecular weight is 736 g/mol. The zero-order valence-corrected chi connectivity index (χ0v) is 26.3. The molecule has 5 heteroatoms. The molecule has 0 fully saturated rings. The van der Waals surface area contributed by atoms with Crippen LogP contribution < -0.4 is 0 Å². The molecular weight excluding hydrogens is 708 g/mol. The molecule has 4 heterocycles. The van der Waals surface area contributed by atoms with Crippen molar-refractivity contribution in [2.75, 3.05) is 0 Å². The molecule has 0 N–H and O–H groups in total. The van der Waals surface area contributed by atoms with Crippen molar-refractivity contribution in [3.63, 3.8) is 0 Å². The minimum absolute atomic E-state index is 0. The number of nitrogens with zero attached hydrogens (tertiary/aromatic N) is 4. The predicted molar refractivity (Wildman–Crippen MR) is 173 cm³/mol. The van der Waals surface area contributed by atoms with Gasteiger partial charge in [-0.1, -0.05) is 75.0 Å². The summed E-state index contributed by atoms with van der Waals surface area (Å²) in [4.78, 5) is 10.6. The van der Waals surface area contributed by atoms with E-state index in [0.717, 1.165) is 61.2 Å². The Balaban J connectivity index is 0.00000300. The summed E-state index contributed by atoms with van der Waals surface area (Å²) < 4.78 is 4.44. The molecule has 0 saturated carbocycles. The summed E-state index contributed by atoms with van der Waals surface area (Å²) in [6, 6.07) is 46.7. The van der Waals surface area contributed by atoms with Gasteiger partial charge in [-0.15, -0.1) is 42.0 Å². The van der Waals surface area contributed by atoms with Gasteiger partial charge >= 0.3 is 21.1 Å². The number of fused-ring (bicyclic) bond motifs is 6. The molecular formula is C38H28N4Pt. The van der Waals surface area contributed by atoms with E-state index in [2.05, 4.69) is 121 Å². The van der Waals surface area contributed by atoms with Gasteiger partial charge in [-0.3, -0.25) is 9.55 Å². The number of benzene rings is 4. The zero-order valence-electron chi connectivity index (χ0n) is 24.1. The van der Waals surface area contributed by atoms with Crippen molar-refractivity contribution in [1.29, 1.82) is 0 Å². The van der Waals surface area contributed by atoms with E-state index in [4.69, 9.17) is 9.97 Å². The van der Waals surface area contributed by atoms with Gasteiger partial charge in [0.25, 0.3) is 0 Å². The second kappa shape index (κ2) is 10.3. The van der Waals surface area contributed by atoms with Gasteiger partial charge in [0.2, 0.25) is 0 Å². The topological polar surface area (TPSA) is 35.6 Å². The third-order valence-electron chi connectivity index (χ3n) is 8.12. The van der Waals surface area contributed by atoms with Crippen molar-refractivity contribution >= 4 is 43.9 Å². The first kappa shape index (κ1) is 27.3. The molecule has 0 saturated heterocycles. The number of rotatable bonds is 3. The fourth-order valence-corrected chi connectivity index (χ4v) is 6.03. The summed E-state index contributed by atoms with van der Waals surface area (Å²) in [5.74, 6) is 0.826. The average Bonchev–Trinajstić information content (AvgIpc) is 3.52. The molecule has 4 nitrogen and oxygen atoms in total. The van der Waals surface area contributed by atoms with Crippen LogP contribution in [0.1, 0.15) is 26.3 Å². The third-order valence-corrected chi connectivity index (χ3v) is 8.12. The molecule has 0 amide bonds. The Morgan fingerprint density at radius 1 is 0.581 bits per heavy atom. The van der Waals surface area contributed by atoms with E-state index in [1.54, 1.807) is 0 Å².